The molecule has 0 bridgehead atoms. The minimum atomic E-state index is -1.71. The number of esters is 2. The second-order valence-electron chi connectivity index (χ2n) is 5.81. The summed E-state index contributed by atoms with van der Waals surface area (Å²) in [5.41, 5.74) is -1.03. The number of hydrogen-bond acceptors (Lipinski definition) is 5. The van der Waals surface area contributed by atoms with Gasteiger partial charge in [0.15, 0.2) is 0 Å². The molecule has 0 aromatic heterocycles. The monoisotopic (exact) mass is 309 g/mol. The average molecular weight is 309 g/mol. The summed E-state index contributed by atoms with van der Waals surface area (Å²) in [5, 5.41) is 0. The molecule has 0 aliphatic carbocycles. The van der Waals surface area contributed by atoms with E-state index in [-0.39, 0.29) is 25.2 Å². The molecule has 2 atom stereocenters. The number of nitrogens with zero attached hydrogens (tertiary/aromatic N) is 1. The van der Waals surface area contributed by atoms with Crippen molar-refractivity contribution in [3.8, 4) is 0 Å². The standard InChI is InChI=1S/C16H23NO5/c1-5-21-14(19)16(15(20)22-6-2)12(10(3)4)8-7-11-9-13(18)17(11)16/h11-12H,3,5-9H2,1-2,4H3. The normalized spacial score (nSPS) is 25.8. The lowest BCUT2D eigenvalue weighted by molar-refractivity contribution is -0.200. The fraction of sp³-hybridized carbons (Fsp3) is 0.688. The van der Waals surface area contributed by atoms with Crippen LogP contribution in [0.4, 0.5) is 0 Å². The van der Waals surface area contributed by atoms with Crippen molar-refractivity contribution in [1.82, 2.24) is 4.90 Å². The van der Waals surface area contributed by atoms with E-state index in [1.165, 1.54) is 4.90 Å². The average Bonchev–Trinajstić information content (AvgIpc) is 2.45. The molecule has 0 spiro atoms. The summed E-state index contributed by atoms with van der Waals surface area (Å²) in [7, 11) is 0. The molecule has 0 N–H and O–H groups in total. The zero-order valence-electron chi connectivity index (χ0n) is 13.4. The molecule has 6 heteroatoms. The number of carbonyl (C=O) groups excluding carboxylic acids is 3. The van der Waals surface area contributed by atoms with Crippen LogP contribution in [-0.4, -0.2) is 47.5 Å². The van der Waals surface area contributed by atoms with Crippen molar-refractivity contribution in [3.63, 3.8) is 0 Å². The summed E-state index contributed by atoms with van der Waals surface area (Å²) < 4.78 is 10.3. The molecule has 2 rings (SSSR count). The van der Waals surface area contributed by atoms with Crippen LogP contribution in [0.2, 0.25) is 0 Å². The first-order valence-corrected chi connectivity index (χ1v) is 7.73. The van der Waals surface area contributed by atoms with E-state index in [9.17, 15) is 14.4 Å². The van der Waals surface area contributed by atoms with Gasteiger partial charge >= 0.3 is 11.9 Å². The van der Waals surface area contributed by atoms with E-state index in [1.54, 1.807) is 20.8 Å². The minimum Gasteiger partial charge on any atom is -0.464 e. The lowest BCUT2D eigenvalue weighted by Crippen LogP contribution is -2.76. The smallest absolute Gasteiger partial charge is 0.344 e. The maximum Gasteiger partial charge on any atom is 0.344 e. The number of piperidine rings is 1. The number of ether oxygens (including phenoxy) is 2. The van der Waals surface area contributed by atoms with Crippen LogP contribution in [0.5, 0.6) is 0 Å². The molecule has 2 aliphatic heterocycles. The Morgan fingerprint density at radius 3 is 2.18 bits per heavy atom. The summed E-state index contributed by atoms with van der Waals surface area (Å²) in [4.78, 5) is 39.0. The lowest BCUT2D eigenvalue weighted by atomic mass is 9.67. The maximum atomic E-state index is 12.7. The summed E-state index contributed by atoms with van der Waals surface area (Å²) >= 11 is 0. The Morgan fingerprint density at radius 2 is 1.77 bits per heavy atom. The zero-order valence-corrected chi connectivity index (χ0v) is 13.4. The summed E-state index contributed by atoms with van der Waals surface area (Å²) in [5.74, 6) is -2.11. The quantitative estimate of drug-likeness (QED) is 0.332. The first kappa shape index (κ1) is 16.5. The lowest BCUT2D eigenvalue weighted by Gasteiger charge is -2.56. The third-order valence-electron chi connectivity index (χ3n) is 4.49. The molecule has 0 aromatic rings. The van der Waals surface area contributed by atoms with Crippen molar-refractivity contribution in [2.24, 2.45) is 5.92 Å². The second-order valence-corrected chi connectivity index (χ2v) is 5.81. The van der Waals surface area contributed by atoms with E-state index in [0.717, 1.165) is 6.42 Å². The molecule has 1 amide bonds. The topological polar surface area (TPSA) is 72.9 Å². The van der Waals surface area contributed by atoms with Crippen LogP contribution < -0.4 is 0 Å². The van der Waals surface area contributed by atoms with Gasteiger partial charge in [0.25, 0.3) is 0 Å². The Hall–Kier alpha value is -1.85. The number of fused-ring (bicyclic) bond motifs is 1. The van der Waals surface area contributed by atoms with Gasteiger partial charge in [0.2, 0.25) is 11.4 Å². The Balaban J connectivity index is 2.56. The van der Waals surface area contributed by atoms with Gasteiger partial charge in [-0.05, 0) is 33.6 Å². The molecule has 2 unspecified atom stereocenters. The van der Waals surface area contributed by atoms with Crippen molar-refractivity contribution < 1.29 is 23.9 Å². The highest BCUT2D eigenvalue weighted by Gasteiger charge is 2.67. The zero-order chi connectivity index (χ0) is 16.5. The fourth-order valence-corrected chi connectivity index (χ4v) is 3.58. The number of β-lactam (4-membered cyclic amide) rings is 1. The van der Waals surface area contributed by atoms with Gasteiger partial charge in [0.1, 0.15) is 0 Å². The maximum absolute atomic E-state index is 12.7. The SMILES string of the molecule is C=C(C)C1CCC2CC(=O)N2C1(C(=O)OCC)C(=O)OCC. The third-order valence-corrected chi connectivity index (χ3v) is 4.49. The number of hydrogen-bond donors (Lipinski definition) is 0. The van der Waals surface area contributed by atoms with Crippen LogP contribution in [-0.2, 0) is 23.9 Å². The van der Waals surface area contributed by atoms with E-state index in [1.807, 2.05) is 0 Å². The molecule has 0 saturated carbocycles. The molecule has 122 valence electrons. The van der Waals surface area contributed by atoms with Crippen molar-refractivity contribution in [1.29, 1.82) is 0 Å². The third kappa shape index (κ3) is 2.21. The molecule has 0 aromatic carbocycles. The first-order chi connectivity index (χ1) is 10.4. The van der Waals surface area contributed by atoms with E-state index in [2.05, 4.69) is 6.58 Å². The van der Waals surface area contributed by atoms with E-state index >= 15 is 0 Å². The minimum absolute atomic E-state index is 0.100. The predicted molar refractivity (Wildman–Crippen MR) is 78.8 cm³/mol. The van der Waals surface area contributed by atoms with Gasteiger partial charge in [0, 0.05) is 18.4 Å². The largest absolute Gasteiger partial charge is 0.464 e. The van der Waals surface area contributed by atoms with Gasteiger partial charge in [-0.2, -0.15) is 0 Å². The van der Waals surface area contributed by atoms with Gasteiger partial charge in [-0.25, -0.2) is 9.59 Å². The van der Waals surface area contributed by atoms with Gasteiger partial charge < -0.3 is 14.4 Å². The molecule has 0 radical (unpaired) electrons. The van der Waals surface area contributed by atoms with Crippen LogP contribution >= 0.6 is 0 Å². The number of carbonyl (C=O) groups is 3. The van der Waals surface area contributed by atoms with E-state index < -0.39 is 23.4 Å². The van der Waals surface area contributed by atoms with Crippen molar-refractivity contribution >= 4 is 17.8 Å². The second kappa shape index (κ2) is 6.10. The summed E-state index contributed by atoms with van der Waals surface area (Å²) in [6.07, 6.45) is 1.73. The Bertz CT molecular complexity index is 483. The van der Waals surface area contributed by atoms with Gasteiger partial charge in [-0.1, -0.05) is 12.2 Å². The predicted octanol–water partition coefficient (Wildman–Crippen LogP) is 1.44. The Labute approximate surface area is 130 Å². The van der Waals surface area contributed by atoms with Crippen LogP contribution in [0, 0.1) is 5.92 Å². The van der Waals surface area contributed by atoms with Crippen molar-refractivity contribution in [2.75, 3.05) is 13.2 Å². The molecular formula is C16H23NO5. The van der Waals surface area contributed by atoms with Crippen LogP contribution in [0.15, 0.2) is 12.2 Å². The van der Waals surface area contributed by atoms with Crippen LogP contribution in [0.25, 0.3) is 0 Å². The van der Waals surface area contributed by atoms with E-state index in [0.29, 0.717) is 18.4 Å². The molecule has 2 fully saturated rings. The molecule has 2 aliphatic rings. The van der Waals surface area contributed by atoms with Crippen LogP contribution in [0.3, 0.4) is 0 Å². The highest BCUT2D eigenvalue weighted by Crippen LogP contribution is 2.47. The van der Waals surface area contributed by atoms with E-state index in [4.69, 9.17) is 9.47 Å². The number of rotatable bonds is 5. The van der Waals surface area contributed by atoms with Crippen molar-refractivity contribution in [2.45, 2.75) is 51.6 Å². The van der Waals surface area contributed by atoms with Gasteiger partial charge in [0.05, 0.1) is 13.2 Å². The molecule has 2 heterocycles. The highest BCUT2D eigenvalue weighted by molar-refractivity contribution is 6.10. The number of amides is 1. The van der Waals surface area contributed by atoms with Crippen molar-refractivity contribution in [3.05, 3.63) is 12.2 Å². The van der Waals surface area contributed by atoms with Gasteiger partial charge in [-0.3, -0.25) is 4.79 Å². The summed E-state index contributed by atoms with van der Waals surface area (Å²) in [6.45, 7) is 9.29. The molecule has 6 nitrogen and oxygen atoms in total. The molecular weight excluding hydrogens is 286 g/mol. The van der Waals surface area contributed by atoms with Crippen LogP contribution in [0.1, 0.15) is 40.0 Å². The Kier molecular flexibility index (Phi) is 4.58. The molecule has 2 saturated heterocycles. The van der Waals surface area contributed by atoms with Gasteiger partial charge in [-0.15, -0.1) is 0 Å². The Morgan fingerprint density at radius 1 is 1.23 bits per heavy atom. The molecule has 22 heavy (non-hydrogen) atoms. The fourth-order valence-electron chi connectivity index (χ4n) is 3.58. The first-order valence-electron chi connectivity index (χ1n) is 7.73. The highest BCUT2D eigenvalue weighted by atomic mass is 16.6. The summed E-state index contributed by atoms with van der Waals surface area (Å²) in [6, 6.07) is -0.100.